The molecule has 1 aliphatic carbocycles. The highest BCUT2D eigenvalue weighted by Crippen LogP contribution is 2.31. The lowest BCUT2D eigenvalue weighted by Crippen LogP contribution is -2.06. The van der Waals surface area contributed by atoms with Crippen LogP contribution in [0.25, 0.3) is 0 Å². The Kier molecular flexibility index (Phi) is 4.21. The zero-order valence-electron chi connectivity index (χ0n) is 9.19. The van der Waals surface area contributed by atoms with E-state index in [1.807, 2.05) is 11.4 Å². The molecular formula is C13H20OS. The zero-order valence-corrected chi connectivity index (χ0v) is 10.0. The Morgan fingerprint density at radius 2 is 2.00 bits per heavy atom. The van der Waals surface area contributed by atoms with Gasteiger partial charge in [-0.05, 0) is 34.7 Å². The van der Waals surface area contributed by atoms with Gasteiger partial charge in [-0.15, -0.1) is 0 Å². The van der Waals surface area contributed by atoms with Crippen LogP contribution in [0.15, 0.2) is 16.8 Å². The fourth-order valence-corrected chi connectivity index (χ4v) is 3.22. The number of hydrogen-bond acceptors (Lipinski definition) is 2. The highest BCUT2D eigenvalue weighted by atomic mass is 32.1. The summed E-state index contributed by atoms with van der Waals surface area (Å²) >= 11 is 1.67. The number of thiophene rings is 1. The number of aliphatic hydroxyl groups excluding tert-OH is 1. The van der Waals surface area contributed by atoms with Gasteiger partial charge < -0.3 is 5.11 Å². The third-order valence-electron chi connectivity index (χ3n) is 3.46. The van der Waals surface area contributed by atoms with Crippen molar-refractivity contribution < 1.29 is 5.11 Å². The lowest BCUT2D eigenvalue weighted by Gasteiger charge is -2.17. The van der Waals surface area contributed by atoms with E-state index < -0.39 is 0 Å². The van der Waals surface area contributed by atoms with E-state index in [4.69, 9.17) is 0 Å². The molecule has 1 aromatic rings. The van der Waals surface area contributed by atoms with Crippen molar-refractivity contribution in [2.45, 2.75) is 51.0 Å². The summed E-state index contributed by atoms with van der Waals surface area (Å²) in [6, 6.07) is 2.05. The van der Waals surface area contributed by atoms with Crippen LogP contribution in [-0.4, -0.2) is 5.11 Å². The second-order valence-corrected chi connectivity index (χ2v) is 5.45. The average Bonchev–Trinajstić information content (AvgIpc) is 2.65. The first kappa shape index (κ1) is 11.2. The van der Waals surface area contributed by atoms with Gasteiger partial charge in [0.2, 0.25) is 0 Å². The van der Waals surface area contributed by atoms with Crippen molar-refractivity contribution in [3.8, 4) is 0 Å². The van der Waals surface area contributed by atoms with Crippen molar-refractivity contribution in [3.05, 3.63) is 22.4 Å². The van der Waals surface area contributed by atoms with Crippen molar-refractivity contribution in [1.82, 2.24) is 0 Å². The van der Waals surface area contributed by atoms with E-state index >= 15 is 0 Å². The molecule has 1 fully saturated rings. The van der Waals surface area contributed by atoms with Gasteiger partial charge in [0, 0.05) is 0 Å². The average molecular weight is 224 g/mol. The van der Waals surface area contributed by atoms with Crippen LogP contribution >= 0.6 is 11.3 Å². The van der Waals surface area contributed by atoms with E-state index in [9.17, 15) is 5.11 Å². The molecule has 1 nitrogen and oxygen atoms in total. The molecule has 84 valence electrons. The highest BCUT2D eigenvalue weighted by molar-refractivity contribution is 7.07. The number of aliphatic hydroxyl groups is 1. The molecule has 2 heteroatoms. The molecule has 1 saturated carbocycles. The van der Waals surface area contributed by atoms with Gasteiger partial charge in [0.05, 0.1) is 6.10 Å². The molecule has 2 rings (SSSR count). The van der Waals surface area contributed by atoms with Crippen LogP contribution in [0.4, 0.5) is 0 Å². The molecule has 0 spiro atoms. The Morgan fingerprint density at radius 3 is 2.60 bits per heavy atom. The summed E-state index contributed by atoms with van der Waals surface area (Å²) in [5, 5.41) is 14.2. The maximum absolute atomic E-state index is 10.1. The molecule has 0 saturated heterocycles. The fraction of sp³-hybridized carbons (Fsp3) is 0.692. The Hall–Kier alpha value is -0.340. The molecule has 1 aromatic heterocycles. The molecule has 0 radical (unpaired) electrons. The van der Waals surface area contributed by atoms with Gasteiger partial charge in [0.15, 0.2) is 0 Å². The lowest BCUT2D eigenvalue weighted by molar-refractivity contribution is 0.139. The summed E-state index contributed by atoms with van der Waals surface area (Å²) in [6.07, 6.45) is 8.90. The number of rotatable bonds is 3. The van der Waals surface area contributed by atoms with Gasteiger partial charge in [-0.25, -0.2) is 0 Å². The molecule has 15 heavy (non-hydrogen) atoms. The van der Waals surface area contributed by atoms with E-state index in [2.05, 4.69) is 5.38 Å². The minimum atomic E-state index is -0.223. The largest absolute Gasteiger partial charge is 0.388 e. The molecule has 0 aliphatic heterocycles. The van der Waals surface area contributed by atoms with Crippen molar-refractivity contribution in [2.24, 2.45) is 5.92 Å². The third kappa shape index (κ3) is 3.32. The second kappa shape index (κ2) is 5.66. The Labute approximate surface area is 96.1 Å². The molecule has 0 aromatic carbocycles. The quantitative estimate of drug-likeness (QED) is 0.765. The van der Waals surface area contributed by atoms with E-state index in [1.165, 1.54) is 38.5 Å². The van der Waals surface area contributed by atoms with E-state index in [0.717, 1.165) is 17.9 Å². The maximum Gasteiger partial charge on any atom is 0.0800 e. The standard InChI is InChI=1S/C13H20OS/c14-13(12-7-8-15-10-12)9-11-5-3-1-2-4-6-11/h7-8,10-11,13-14H,1-6,9H2. The van der Waals surface area contributed by atoms with Crippen molar-refractivity contribution in [2.75, 3.05) is 0 Å². The Bertz CT molecular complexity index is 260. The van der Waals surface area contributed by atoms with E-state index in [1.54, 1.807) is 11.3 Å². The van der Waals surface area contributed by atoms with E-state index in [0.29, 0.717) is 0 Å². The molecule has 1 N–H and O–H groups in total. The van der Waals surface area contributed by atoms with Gasteiger partial charge in [0.1, 0.15) is 0 Å². The Balaban J connectivity index is 1.84. The van der Waals surface area contributed by atoms with Crippen LogP contribution in [0.1, 0.15) is 56.6 Å². The second-order valence-electron chi connectivity index (χ2n) is 4.67. The molecule has 1 heterocycles. The van der Waals surface area contributed by atoms with Crippen molar-refractivity contribution in [1.29, 1.82) is 0 Å². The first-order valence-electron chi connectivity index (χ1n) is 6.06. The van der Waals surface area contributed by atoms with Crippen LogP contribution in [0.3, 0.4) is 0 Å². The van der Waals surface area contributed by atoms with Crippen LogP contribution in [-0.2, 0) is 0 Å². The predicted molar refractivity (Wildman–Crippen MR) is 65.1 cm³/mol. The summed E-state index contributed by atoms with van der Waals surface area (Å²) < 4.78 is 0. The van der Waals surface area contributed by atoms with Crippen LogP contribution in [0, 0.1) is 5.92 Å². The summed E-state index contributed by atoms with van der Waals surface area (Å²) in [5.74, 6) is 0.752. The maximum atomic E-state index is 10.1. The van der Waals surface area contributed by atoms with Crippen LogP contribution in [0.2, 0.25) is 0 Å². The minimum absolute atomic E-state index is 0.223. The molecule has 1 unspecified atom stereocenters. The molecular weight excluding hydrogens is 204 g/mol. The van der Waals surface area contributed by atoms with Crippen molar-refractivity contribution >= 4 is 11.3 Å². The monoisotopic (exact) mass is 224 g/mol. The van der Waals surface area contributed by atoms with Gasteiger partial charge in [-0.3, -0.25) is 0 Å². The summed E-state index contributed by atoms with van der Waals surface area (Å²) in [6.45, 7) is 0. The van der Waals surface area contributed by atoms with Gasteiger partial charge in [-0.2, -0.15) is 11.3 Å². The van der Waals surface area contributed by atoms with Gasteiger partial charge >= 0.3 is 0 Å². The first-order valence-corrected chi connectivity index (χ1v) is 7.00. The van der Waals surface area contributed by atoms with Crippen LogP contribution in [0.5, 0.6) is 0 Å². The van der Waals surface area contributed by atoms with Gasteiger partial charge in [-0.1, -0.05) is 38.5 Å². The minimum Gasteiger partial charge on any atom is -0.388 e. The highest BCUT2D eigenvalue weighted by Gasteiger charge is 2.17. The summed E-state index contributed by atoms with van der Waals surface area (Å²) in [5.41, 5.74) is 1.12. The molecule has 1 atom stereocenters. The first-order chi connectivity index (χ1) is 7.36. The third-order valence-corrected chi connectivity index (χ3v) is 4.16. The molecule has 0 amide bonds. The topological polar surface area (TPSA) is 20.2 Å². The normalized spacial score (nSPS) is 21.1. The predicted octanol–water partition coefficient (Wildman–Crippen LogP) is 4.14. The fourth-order valence-electron chi connectivity index (χ4n) is 2.52. The lowest BCUT2D eigenvalue weighted by atomic mass is 9.92. The summed E-state index contributed by atoms with van der Waals surface area (Å²) in [4.78, 5) is 0. The van der Waals surface area contributed by atoms with Gasteiger partial charge in [0.25, 0.3) is 0 Å². The number of hydrogen-bond donors (Lipinski definition) is 1. The molecule has 0 bridgehead atoms. The van der Waals surface area contributed by atoms with E-state index in [-0.39, 0.29) is 6.10 Å². The summed E-state index contributed by atoms with van der Waals surface area (Å²) in [7, 11) is 0. The SMILES string of the molecule is OC(CC1CCCCCC1)c1ccsc1. The molecule has 1 aliphatic rings. The smallest absolute Gasteiger partial charge is 0.0800 e. The van der Waals surface area contributed by atoms with Crippen molar-refractivity contribution in [3.63, 3.8) is 0 Å². The zero-order chi connectivity index (χ0) is 10.5. The van der Waals surface area contributed by atoms with Crippen LogP contribution < -0.4 is 0 Å². The Morgan fingerprint density at radius 1 is 1.27 bits per heavy atom.